The Balaban J connectivity index is 1.81. The highest BCUT2D eigenvalue weighted by atomic mass is 19.2. The number of hydrogen-bond donors (Lipinski definition) is 0. The summed E-state index contributed by atoms with van der Waals surface area (Å²) in [7, 11) is 0. The van der Waals surface area contributed by atoms with Crippen molar-refractivity contribution in [3.8, 4) is 0 Å². The molecule has 0 radical (unpaired) electrons. The van der Waals surface area contributed by atoms with E-state index in [4.69, 9.17) is 0 Å². The summed E-state index contributed by atoms with van der Waals surface area (Å²) in [6.45, 7) is -0.798. The van der Waals surface area contributed by atoms with Crippen LogP contribution in [0.2, 0.25) is 0 Å². The molecular weight excluding hydrogens is 389 g/mol. The van der Waals surface area contributed by atoms with E-state index in [1.54, 1.807) is 54.6 Å². The second-order valence-corrected chi connectivity index (χ2v) is 6.43. The van der Waals surface area contributed by atoms with Gasteiger partial charge in [-0.3, -0.25) is 4.79 Å². The van der Waals surface area contributed by atoms with Gasteiger partial charge in [0.25, 0.3) is 5.91 Å². The first kappa shape index (κ1) is 18.9. The Morgan fingerprint density at radius 2 is 1.28 bits per heavy atom. The first-order chi connectivity index (χ1) is 13.9. The maximum atomic E-state index is 14.1. The molecule has 0 N–H and O–H groups in total. The first-order valence-corrected chi connectivity index (χ1v) is 8.58. The number of amides is 1. The zero-order valence-corrected chi connectivity index (χ0v) is 14.7. The second kappa shape index (κ2) is 7.16. The number of carbonyl (C=O) groups is 1. The highest BCUT2D eigenvalue weighted by Gasteiger charge is 2.35. The molecule has 1 amide bonds. The maximum absolute atomic E-state index is 14.1. The van der Waals surface area contributed by atoms with Crippen molar-refractivity contribution in [2.24, 2.45) is 0 Å². The molecule has 0 saturated heterocycles. The van der Waals surface area contributed by atoms with Crippen molar-refractivity contribution >= 4 is 23.2 Å². The molecule has 7 heteroatoms. The molecule has 3 aromatic rings. The number of carbonyl (C=O) groups excluding carboxylic acids is 1. The molecule has 4 rings (SSSR count). The summed E-state index contributed by atoms with van der Waals surface area (Å²) in [5.74, 6) is -10.8. The van der Waals surface area contributed by atoms with Crippen LogP contribution in [-0.4, -0.2) is 5.91 Å². The van der Waals surface area contributed by atoms with Gasteiger partial charge in [0.05, 0.1) is 12.2 Å². The normalized spacial score (nSPS) is 14.6. The Morgan fingerprint density at radius 1 is 0.724 bits per heavy atom. The number of rotatable bonds is 3. The number of fused-ring (bicyclic) bond motifs is 1. The quantitative estimate of drug-likeness (QED) is 0.247. The van der Waals surface area contributed by atoms with Crippen LogP contribution in [0, 0.1) is 29.1 Å². The van der Waals surface area contributed by atoms with E-state index in [9.17, 15) is 26.7 Å². The average molecular weight is 401 g/mol. The van der Waals surface area contributed by atoms with E-state index in [1.807, 2.05) is 6.07 Å². The van der Waals surface area contributed by atoms with Crippen LogP contribution in [0.25, 0.3) is 11.6 Å². The molecule has 146 valence electrons. The zero-order valence-electron chi connectivity index (χ0n) is 14.7. The monoisotopic (exact) mass is 401 g/mol. The number of halogens is 5. The lowest BCUT2D eigenvalue weighted by molar-refractivity contribution is -0.113. The van der Waals surface area contributed by atoms with Crippen molar-refractivity contribution in [1.29, 1.82) is 0 Å². The number of anilines is 1. The summed E-state index contributed by atoms with van der Waals surface area (Å²) in [6, 6.07) is 15.4. The van der Waals surface area contributed by atoms with E-state index in [0.717, 1.165) is 10.5 Å². The molecule has 0 fully saturated rings. The van der Waals surface area contributed by atoms with Gasteiger partial charge in [-0.25, -0.2) is 22.0 Å². The molecule has 2 nitrogen and oxygen atoms in total. The van der Waals surface area contributed by atoms with E-state index in [-0.39, 0.29) is 5.57 Å². The Hall–Kier alpha value is -3.48. The van der Waals surface area contributed by atoms with Crippen LogP contribution < -0.4 is 4.90 Å². The van der Waals surface area contributed by atoms with Gasteiger partial charge >= 0.3 is 0 Å². The molecule has 3 aromatic carbocycles. The summed E-state index contributed by atoms with van der Waals surface area (Å²) in [6.07, 6.45) is 1.61. The summed E-state index contributed by atoms with van der Waals surface area (Å²) in [5, 5.41) is 0. The molecule has 0 bridgehead atoms. The standard InChI is InChI=1S/C22H12F5NO/c23-17-15(18(24)20(26)21(27)19(17)25)11-28-16-9-5-4-8-13(16)14(22(28)29)10-12-6-2-1-3-7-12/h1-10H,11H2. The predicted octanol–water partition coefficient (Wildman–Crippen LogP) is 5.47. The van der Waals surface area contributed by atoms with Crippen LogP contribution in [0.15, 0.2) is 54.6 Å². The smallest absolute Gasteiger partial charge is 0.259 e. The third-order valence-corrected chi connectivity index (χ3v) is 4.69. The fourth-order valence-corrected chi connectivity index (χ4v) is 3.27. The van der Waals surface area contributed by atoms with Crippen LogP contribution in [0.5, 0.6) is 0 Å². The highest BCUT2D eigenvalue weighted by molar-refractivity contribution is 6.35. The molecular formula is C22H12F5NO. The number of nitrogens with zero attached hydrogens (tertiary/aromatic N) is 1. The lowest BCUT2D eigenvalue weighted by Crippen LogP contribution is -2.27. The number of hydrogen-bond acceptors (Lipinski definition) is 1. The Kier molecular flexibility index (Phi) is 4.66. The SMILES string of the molecule is O=C1C(=Cc2ccccc2)c2ccccc2N1Cc1c(F)c(F)c(F)c(F)c1F. The third kappa shape index (κ3) is 3.08. The fourth-order valence-electron chi connectivity index (χ4n) is 3.27. The topological polar surface area (TPSA) is 20.3 Å². The van der Waals surface area contributed by atoms with Gasteiger partial charge in [0, 0.05) is 16.7 Å². The Labute approximate surface area is 162 Å². The van der Waals surface area contributed by atoms with Crippen molar-refractivity contribution in [2.75, 3.05) is 4.90 Å². The summed E-state index contributed by atoms with van der Waals surface area (Å²) in [5.41, 5.74) is 0.749. The van der Waals surface area contributed by atoms with Gasteiger partial charge in [-0.1, -0.05) is 48.5 Å². The molecule has 0 aliphatic carbocycles. The van der Waals surface area contributed by atoms with E-state index >= 15 is 0 Å². The molecule has 1 aliphatic heterocycles. The van der Waals surface area contributed by atoms with Crippen LogP contribution in [0.1, 0.15) is 16.7 Å². The van der Waals surface area contributed by atoms with Crippen LogP contribution >= 0.6 is 0 Å². The van der Waals surface area contributed by atoms with Gasteiger partial charge in [-0.15, -0.1) is 0 Å². The molecule has 0 saturated carbocycles. The molecule has 1 aliphatic rings. The van der Waals surface area contributed by atoms with E-state index < -0.39 is 47.1 Å². The second-order valence-electron chi connectivity index (χ2n) is 6.43. The lowest BCUT2D eigenvalue weighted by atomic mass is 10.0. The Morgan fingerprint density at radius 3 is 1.93 bits per heavy atom. The van der Waals surface area contributed by atoms with E-state index in [1.165, 1.54) is 0 Å². The summed E-state index contributed by atoms with van der Waals surface area (Å²) >= 11 is 0. The van der Waals surface area contributed by atoms with Gasteiger partial charge in [0.15, 0.2) is 23.3 Å². The molecule has 29 heavy (non-hydrogen) atoms. The van der Waals surface area contributed by atoms with Gasteiger partial charge < -0.3 is 4.90 Å². The van der Waals surface area contributed by atoms with Crippen molar-refractivity contribution in [3.05, 3.63) is 100 Å². The molecule has 0 spiro atoms. The van der Waals surface area contributed by atoms with Crippen LogP contribution in [-0.2, 0) is 11.3 Å². The zero-order chi connectivity index (χ0) is 20.7. The third-order valence-electron chi connectivity index (χ3n) is 4.69. The van der Waals surface area contributed by atoms with Crippen molar-refractivity contribution in [1.82, 2.24) is 0 Å². The number of para-hydroxylation sites is 1. The van der Waals surface area contributed by atoms with Crippen molar-refractivity contribution in [3.63, 3.8) is 0 Å². The van der Waals surface area contributed by atoms with E-state index in [2.05, 4.69) is 0 Å². The first-order valence-electron chi connectivity index (χ1n) is 8.58. The van der Waals surface area contributed by atoms with Crippen molar-refractivity contribution in [2.45, 2.75) is 6.54 Å². The fraction of sp³-hybridized carbons (Fsp3) is 0.0455. The van der Waals surface area contributed by atoms with Gasteiger partial charge in [-0.05, 0) is 17.7 Å². The molecule has 0 aromatic heterocycles. The van der Waals surface area contributed by atoms with Crippen LogP contribution in [0.4, 0.5) is 27.6 Å². The van der Waals surface area contributed by atoms with E-state index in [0.29, 0.717) is 11.3 Å². The molecule has 0 unspecified atom stereocenters. The van der Waals surface area contributed by atoms with Gasteiger partial charge in [0.2, 0.25) is 5.82 Å². The minimum atomic E-state index is -2.23. The largest absolute Gasteiger partial charge is 0.303 e. The minimum absolute atomic E-state index is 0.260. The predicted molar refractivity (Wildman–Crippen MR) is 98.2 cm³/mol. The maximum Gasteiger partial charge on any atom is 0.259 e. The average Bonchev–Trinajstić information content (AvgIpc) is 3.00. The minimum Gasteiger partial charge on any atom is -0.303 e. The summed E-state index contributed by atoms with van der Waals surface area (Å²) < 4.78 is 68.7. The van der Waals surface area contributed by atoms with Gasteiger partial charge in [-0.2, -0.15) is 0 Å². The highest BCUT2D eigenvalue weighted by Crippen LogP contribution is 2.39. The molecule has 0 atom stereocenters. The van der Waals surface area contributed by atoms with Crippen molar-refractivity contribution < 1.29 is 26.7 Å². The molecule has 1 heterocycles. The lowest BCUT2D eigenvalue weighted by Gasteiger charge is -2.18. The van der Waals surface area contributed by atoms with Gasteiger partial charge in [0.1, 0.15) is 0 Å². The van der Waals surface area contributed by atoms with Crippen LogP contribution in [0.3, 0.4) is 0 Å². The Bertz CT molecular complexity index is 1130. The number of benzene rings is 3. The summed E-state index contributed by atoms with van der Waals surface area (Å²) in [4.78, 5) is 14.0.